The third kappa shape index (κ3) is 5.02. The van der Waals surface area contributed by atoms with Crippen LogP contribution < -0.4 is 4.90 Å². The number of allylic oxidation sites excluding steroid dienone is 3. The van der Waals surface area contributed by atoms with Crippen LogP contribution in [0.15, 0.2) is 66.1 Å². The Bertz CT molecular complexity index is 602. The lowest BCUT2D eigenvalue weighted by atomic mass is 10.1. The molecule has 0 bridgehead atoms. The first kappa shape index (κ1) is 16.9. The molecular formula is C19H23NO3. The third-order valence-electron chi connectivity index (χ3n) is 3.68. The SMILES string of the molecule is COC(=O)/C=C/CCN(C1=CC(OC)=CCC1)c1ccccc1. The maximum atomic E-state index is 11.2. The van der Waals surface area contributed by atoms with Crippen molar-refractivity contribution >= 4 is 11.7 Å². The van der Waals surface area contributed by atoms with E-state index in [9.17, 15) is 4.79 Å². The molecule has 0 N–H and O–H groups in total. The number of carbonyl (C=O) groups excluding carboxylic acids is 1. The van der Waals surface area contributed by atoms with Crippen molar-refractivity contribution in [2.75, 3.05) is 25.7 Å². The molecule has 0 spiro atoms. The average Bonchev–Trinajstić information content (AvgIpc) is 2.62. The van der Waals surface area contributed by atoms with Crippen LogP contribution in [0.5, 0.6) is 0 Å². The van der Waals surface area contributed by atoms with E-state index in [0.717, 1.165) is 37.3 Å². The van der Waals surface area contributed by atoms with E-state index in [-0.39, 0.29) is 5.97 Å². The molecule has 23 heavy (non-hydrogen) atoms. The molecule has 0 atom stereocenters. The van der Waals surface area contributed by atoms with E-state index >= 15 is 0 Å². The molecule has 4 heteroatoms. The Kier molecular flexibility index (Phi) is 6.48. The quantitative estimate of drug-likeness (QED) is 0.566. The fourth-order valence-corrected chi connectivity index (χ4v) is 2.51. The Morgan fingerprint density at radius 2 is 2.04 bits per heavy atom. The van der Waals surface area contributed by atoms with Gasteiger partial charge >= 0.3 is 5.97 Å². The lowest BCUT2D eigenvalue weighted by Gasteiger charge is -2.29. The molecule has 0 amide bonds. The Balaban J connectivity index is 2.13. The van der Waals surface area contributed by atoms with E-state index in [2.05, 4.69) is 33.9 Å². The molecule has 0 saturated carbocycles. The molecule has 1 aromatic rings. The minimum atomic E-state index is -0.322. The molecule has 122 valence electrons. The van der Waals surface area contributed by atoms with Crippen LogP contribution in [-0.4, -0.2) is 26.7 Å². The fourth-order valence-electron chi connectivity index (χ4n) is 2.51. The zero-order valence-corrected chi connectivity index (χ0v) is 13.7. The van der Waals surface area contributed by atoms with E-state index in [0.29, 0.717) is 0 Å². The van der Waals surface area contributed by atoms with Crippen LogP contribution in [0.4, 0.5) is 5.69 Å². The highest BCUT2D eigenvalue weighted by Crippen LogP contribution is 2.26. The van der Waals surface area contributed by atoms with Gasteiger partial charge in [-0.2, -0.15) is 0 Å². The van der Waals surface area contributed by atoms with Crippen molar-refractivity contribution in [3.05, 3.63) is 66.1 Å². The van der Waals surface area contributed by atoms with Crippen LogP contribution in [-0.2, 0) is 14.3 Å². The Labute approximate surface area is 137 Å². The number of hydrogen-bond donors (Lipinski definition) is 0. The maximum absolute atomic E-state index is 11.2. The van der Waals surface area contributed by atoms with Gasteiger partial charge in [0.1, 0.15) is 5.76 Å². The van der Waals surface area contributed by atoms with Gasteiger partial charge in [-0.1, -0.05) is 24.3 Å². The molecule has 0 radical (unpaired) electrons. The highest BCUT2D eigenvalue weighted by atomic mass is 16.5. The molecule has 0 unspecified atom stereocenters. The zero-order chi connectivity index (χ0) is 16.5. The van der Waals surface area contributed by atoms with Crippen molar-refractivity contribution in [2.45, 2.75) is 19.3 Å². The number of anilines is 1. The summed E-state index contributed by atoms with van der Waals surface area (Å²) in [7, 11) is 3.08. The van der Waals surface area contributed by atoms with Gasteiger partial charge in [0, 0.05) is 24.0 Å². The summed E-state index contributed by atoms with van der Waals surface area (Å²) in [6.07, 6.45) is 10.2. The van der Waals surface area contributed by atoms with Gasteiger partial charge in [-0.05, 0) is 43.5 Å². The van der Waals surface area contributed by atoms with Gasteiger partial charge < -0.3 is 14.4 Å². The minimum absolute atomic E-state index is 0.322. The van der Waals surface area contributed by atoms with Crippen LogP contribution in [0.1, 0.15) is 19.3 Å². The Morgan fingerprint density at radius 3 is 2.74 bits per heavy atom. The first-order valence-electron chi connectivity index (χ1n) is 7.76. The summed E-state index contributed by atoms with van der Waals surface area (Å²) in [5.41, 5.74) is 2.37. The molecule has 0 aromatic heterocycles. The van der Waals surface area contributed by atoms with Crippen LogP contribution in [0.25, 0.3) is 0 Å². The van der Waals surface area contributed by atoms with E-state index in [1.807, 2.05) is 24.3 Å². The predicted molar refractivity (Wildman–Crippen MR) is 92.0 cm³/mol. The molecule has 0 aliphatic heterocycles. The number of carbonyl (C=O) groups is 1. The van der Waals surface area contributed by atoms with Gasteiger partial charge in [0.05, 0.1) is 14.2 Å². The standard InChI is InChI=1S/C19H23NO3/c1-22-18-12-8-11-17(15-18)20(16-9-4-3-5-10-16)14-7-6-13-19(21)23-2/h3-6,9-10,12-13,15H,7-8,11,14H2,1-2H3/b13-6+. The van der Waals surface area contributed by atoms with Crippen molar-refractivity contribution in [1.29, 1.82) is 0 Å². The van der Waals surface area contributed by atoms with Gasteiger partial charge in [-0.3, -0.25) is 0 Å². The number of ether oxygens (including phenoxy) is 2. The van der Waals surface area contributed by atoms with Gasteiger partial charge in [0.25, 0.3) is 0 Å². The van der Waals surface area contributed by atoms with Gasteiger partial charge in [-0.25, -0.2) is 4.79 Å². The predicted octanol–water partition coefficient (Wildman–Crippen LogP) is 3.82. The second-order valence-corrected chi connectivity index (χ2v) is 5.19. The summed E-state index contributed by atoms with van der Waals surface area (Å²) < 4.78 is 9.97. The number of rotatable bonds is 7. The Hall–Kier alpha value is -2.49. The molecule has 0 fully saturated rings. The van der Waals surface area contributed by atoms with Crippen molar-refractivity contribution in [3.8, 4) is 0 Å². The average molecular weight is 313 g/mol. The van der Waals surface area contributed by atoms with Gasteiger partial charge in [0.15, 0.2) is 0 Å². The smallest absolute Gasteiger partial charge is 0.330 e. The number of para-hydroxylation sites is 1. The maximum Gasteiger partial charge on any atom is 0.330 e. The minimum Gasteiger partial charge on any atom is -0.497 e. The second kappa shape index (κ2) is 8.83. The number of esters is 1. The third-order valence-corrected chi connectivity index (χ3v) is 3.68. The summed E-state index contributed by atoms with van der Waals surface area (Å²) in [5, 5.41) is 0. The van der Waals surface area contributed by atoms with Crippen molar-refractivity contribution in [2.24, 2.45) is 0 Å². The van der Waals surface area contributed by atoms with Crippen LogP contribution in [0.2, 0.25) is 0 Å². The molecule has 1 aliphatic carbocycles. The molecule has 1 aliphatic rings. The number of benzene rings is 1. The number of nitrogens with zero attached hydrogens (tertiary/aromatic N) is 1. The van der Waals surface area contributed by atoms with E-state index in [1.165, 1.54) is 18.9 Å². The van der Waals surface area contributed by atoms with Crippen molar-refractivity contribution in [1.82, 2.24) is 0 Å². The monoisotopic (exact) mass is 313 g/mol. The van der Waals surface area contributed by atoms with Crippen molar-refractivity contribution in [3.63, 3.8) is 0 Å². The highest BCUT2D eigenvalue weighted by Gasteiger charge is 2.14. The van der Waals surface area contributed by atoms with E-state index in [1.54, 1.807) is 7.11 Å². The fraction of sp³-hybridized carbons (Fsp3) is 0.316. The Morgan fingerprint density at radius 1 is 1.26 bits per heavy atom. The van der Waals surface area contributed by atoms with Gasteiger partial charge in [-0.15, -0.1) is 0 Å². The molecule has 2 rings (SSSR count). The lowest BCUT2D eigenvalue weighted by molar-refractivity contribution is -0.134. The largest absolute Gasteiger partial charge is 0.497 e. The topological polar surface area (TPSA) is 38.8 Å². The number of methoxy groups -OCH3 is 2. The summed E-state index contributed by atoms with van der Waals surface area (Å²) in [6.45, 7) is 0.792. The molecule has 1 aromatic carbocycles. The molecule has 4 nitrogen and oxygen atoms in total. The highest BCUT2D eigenvalue weighted by molar-refractivity contribution is 5.81. The van der Waals surface area contributed by atoms with Crippen molar-refractivity contribution < 1.29 is 14.3 Å². The van der Waals surface area contributed by atoms with Crippen LogP contribution in [0, 0.1) is 0 Å². The number of hydrogen-bond acceptors (Lipinski definition) is 4. The summed E-state index contributed by atoms with van der Waals surface area (Å²) >= 11 is 0. The normalized spacial score (nSPS) is 14.2. The first-order chi connectivity index (χ1) is 11.2. The lowest BCUT2D eigenvalue weighted by Crippen LogP contribution is -2.24. The van der Waals surface area contributed by atoms with E-state index < -0.39 is 0 Å². The second-order valence-electron chi connectivity index (χ2n) is 5.19. The summed E-state index contributed by atoms with van der Waals surface area (Å²) in [6, 6.07) is 10.3. The van der Waals surface area contributed by atoms with Crippen LogP contribution >= 0.6 is 0 Å². The summed E-state index contributed by atoms with van der Waals surface area (Å²) in [4.78, 5) is 13.4. The van der Waals surface area contributed by atoms with Crippen LogP contribution in [0.3, 0.4) is 0 Å². The molecule has 0 saturated heterocycles. The summed E-state index contributed by atoms with van der Waals surface area (Å²) in [5.74, 6) is 0.579. The molecular weight excluding hydrogens is 290 g/mol. The first-order valence-corrected chi connectivity index (χ1v) is 7.76. The van der Waals surface area contributed by atoms with E-state index in [4.69, 9.17) is 4.74 Å². The van der Waals surface area contributed by atoms with Gasteiger partial charge in [0.2, 0.25) is 0 Å². The molecule has 0 heterocycles. The zero-order valence-electron chi connectivity index (χ0n) is 13.7.